The van der Waals surface area contributed by atoms with Crippen LogP contribution < -0.4 is 10.1 Å². The minimum atomic E-state index is -0.404. The first kappa shape index (κ1) is 13.4. The van der Waals surface area contributed by atoms with Crippen LogP contribution in [0.4, 0.5) is 4.39 Å². The molecule has 7 heteroatoms. The van der Waals surface area contributed by atoms with E-state index in [2.05, 4.69) is 20.8 Å². The van der Waals surface area contributed by atoms with Crippen molar-refractivity contribution in [3.05, 3.63) is 29.8 Å². The fraction of sp³-hybridized carbons (Fsp3) is 0.417. The van der Waals surface area contributed by atoms with E-state index in [0.717, 1.165) is 0 Å². The van der Waals surface area contributed by atoms with E-state index < -0.39 is 5.82 Å². The highest BCUT2D eigenvalue weighted by molar-refractivity contribution is 5.40. The predicted molar refractivity (Wildman–Crippen MR) is 67.6 cm³/mol. The van der Waals surface area contributed by atoms with Crippen LogP contribution in [0.1, 0.15) is 19.7 Å². The molecule has 0 aliphatic rings. The van der Waals surface area contributed by atoms with E-state index in [1.807, 2.05) is 13.8 Å². The van der Waals surface area contributed by atoms with Gasteiger partial charge in [-0.25, -0.2) is 4.39 Å². The summed E-state index contributed by atoms with van der Waals surface area (Å²) in [5, 5.41) is 14.5. The first-order valence-corrected chi connectivity index (χ1v) is 5.96. The summed E-state index contributed by atoms with van der Waals surface area (Å²) in [5.74, 6) is 0.689. The number of rotatable bonds is 5. The summed E-state index contributed by atoms with van der Waals surface area (Å²) in [6, 6.07) is 4.73. The molecule has 0 saturated carbocycles. The Hall–Kier alpha value is -2.02. The van der Waals surface area contributed by atoms with Gasteiger partial charge in [-0.15, -0.1) is 5.10 Å². The average molecular weight is 265 g/mol. The van der Waals surface area contributed by atoms with Gasteiger partial charge in [-0.05, 0) is 22.6 Å². The Morgan fingerprint density at radius 3 is 2.89 bits per heavy atom. The van der Waals surface area contributed by atoms with Crippen molar-refractivity contribution < 1.29 is 9.13 Å². The highest BCUT2D eigenvalue weighted by atomic mass is 19.1. The molecule has 1 heterocycles. The number of benzene rings is 1. The zero-order chi connectivity index (χ0) is 13.8. The van der Waals surface area contributed by atoms with Gasteiger partial charge >= 0.3 is 0 Å². The maximum atomic E-state index is 13.9. The number of nitrogens with zero attached hydrogens (tertiary/aromatic N) is 4. The molecule has 0 radical (unpaired) electrons. The second kappa shape index (κ2) is 5.75. The van der Waals surface area contributed by atoms with Gasteiger partial charge < -0.3 is 10.1 Å². The van der Waals surface area contributed by atoms with E-state index >= 15 is 0 Å². The maximum Gasteiger partial charge on any atom is 0.170 e. The number of hydrogen-bond acceptors (Lipinski definition) is 5. The van der Waals surface area contributed by atoms with Crippen molar-refractivity contribution in [1.82, 2.24) is 25.5 Å². The minimum Gasteiger partial charge on any atom is -0.497 e. The molecule has 1 aromatic heterocycles. The third-order valence-corrected chi connectivity index (χ3v) is 2.58. The minimum absolute atomic E-state index is 0.268. The van der Waals surface area contributed by atoms with Crippen molar-refractivity contribution in [2.24, 2.45) is 0 Å². The van der Waals surface area contributed by atoms with Crippen molar-refractivity contribution in [2.75, 3.05) is 7.11 Å². The van der Waals surface area contributed by atoms with Crippen molar-refractivity contribution in [3.63, 3.8) is 0 Å². The zero-order valence-corrected chi connectivity index (χ0v) is 11.1. The van der Waals surface area contributed by atoms with E-state index in [9.17, 15) is 4.39 Å². The molecular weight excluding hydrogens is 249 g/mol. The molecule has 0 atom stereocenters. The van der Waals surface area contributed by atoms with Crippen LogP contribution in [0.2, 0.25) is 0 Å². The predicted octanol–water partition coefficient (Wildman–Crippen LogP) is 1.31. The van der Waals surface area contributed by atoms with E-state index in [1.165, 1.54) is 17.9 Å². The lowest BCUT2D eigenvalue weighted by molar-refractivity contribution is 0.413. The highest BCUT2D eigenvalue weighted by Gasteiger charge is 2.13. The van der Waals surface area contributed by atoms with Gasteiger partial charge in [0, 0.05) is 12.1 Å². The van der Waals surface area contributed by atoms with Crippen molar-refractivity contribution in [1.29, 1.82) is 0 Å². The Morgan fingerprint density at radius 2 is 2.21 bits per heavy atom. The molecule has 2 rings (SSSR count). The molecule has 0 spiro atoms. The topological polar surface area (TPSA) is 64.9 Å². The number of ether oxygens (including phenoxy) is 1. The van der Waals surface area contributed by atoms with E-state index in [-0.39, 0.29) is 5.69 Å². The van der Waals surface area contributed by atoms with E-state index in [0.29, 0.717) is 24.2 Å². The number of tetrazole rings is 1. The summed E-state index contributed by atoms with van der Waals surface area (Å²) < 4.78 is 20.3. The fourth-order valence-corrected chi connectivity index (χ4v) is 1.58. The van der Waals surface area contributed by atoms with Crippen LogP contribution in [0.5, 0.6) is 5.75 Å². The fourth-order valence-electron chi connectivity index (χ4n) is 1.58. The normalized spacial score (nSPS) is 11.0. The van der Waals surface area contributed by atoms with Crippen molar-refractivity contribution >= 4 is 0 Å². The van der Waals surface area contributed by atoms with Crippen molar-refractivity contribution in [2.45, 2.75) is 26.4 Å². The summed E-state index contributed by atoms with van der Waals surface area (Å²) in [5.41, 5.74) is 0.268. The molecule has 0 aliphatic heterocycles. The lowest BCUT2D eigenvalue weighted by atomic mass is 10.3. The molecule has 1 N–H and O–H groups in total. The van der Waals surface area contributed by atoms with Gasteiger partial charge in [-0.2, -0.15) is 4.68 Å². The molecular formula is C12H16FN5O. The number of halogens is 1. The molecule has 0 amide bonds. The molecule has 0 unspecified atom stereocenters. The van der Waals surface area contributed by atoms with Gasteiger partial charge in [0.15, 0.2) is 5.82 Å². The highest BCUT2D eigenvalue weighted by Crippen LogP contribution is 2.20. The Morgan fingerprint density at radius 1 is 1.42 bits per heavy atom. The van der Waals surface area contributed by atoms with E-state index in [1.54, 1.807) is 12.1 Å². The Labute approximate surface area is 110 Å². The second-order valence-corrected chi connectivity index (χ2v) is 4.36. The van der Waals surface area contributed by atoms with Crippen LogP contribution in [0.15, 0.2) is 18.2 Å². The van der Waals surface area contributed by atoms with Crippen molar-refractivity contribution in [3.8, 4) is 11.4 Å². The molecule has 6 nitrogen and oxygen atoms in total. The number of nitrogens with one attached hydrogen (secondary N) is 1. The molecule has 1 aromatic carbocycles. The van der Waals surface area contributed by atoms with Crippen LogP contribution >= 0.6 is 0 Å². The Kier molecular flexibility index (Phi) is 4.06. The van der Waals surface area contributed by atoms with Crippen LogP contribution in [0.25, 0.3) is 5.69 Å². The largest absolute Gasteiger partial charge is 0.497 e. The van der Waals surface area contributed by atoms with Gasteiger partial charge in [-0.1, -0.05) is 13.8 Å². The summed E-state index contributed by atoms with van der Waals surface area (Å²) in [4.78, 5) is 0. The zero-order valence-electron chi connectivity index (χ0n) is 11.1. The lowest BCUT2D eigenvalue weighted by Crippen LogP contribution is -2.24. The number of methoxy groups -OCH3 is 1. The number of aromatic nitrogens is 4. The SMILES string of the molecule is COc1ccc(F)c(-n2nnnc2CNC(C)C)c1. The summed E-state index contributed by atoms with van der Waals surface area (Å²) in [6.45, 7) is 4.49. The first-order valence-electron chi connectivity index (χ1n) is 5.96. The molecule has 0 fully saturated rings. The summed E-state index contributed by atoms with van der Waals surface area (Å²) in [6.07, 6.45) is 0. The van der Waals surface area contributed by atoms with Gasteiger partial charge in [0.2, 0.25) is 0 Å². The summed E-state index contributed by atoms with van der Waals surface area (Å²) in [7, 11) is 1.53. The van der Waals surface area contributed by atoms with Crippen LogP contribution in [-0.4, -0.2) is 33.4 Å². The van der Waals surface area contributed by atoms with E-state index in [4.69, 9.17) is 4.74 Å². The van der Waals surface area contributed by atoms with Gasteiger partial charge in [0.25, 0.3) is 0 Å². The third kappa shape index (κ3) is 3.05. The molecule has 2 aromatic rings. The molecule has 0 bridgehead atoms. The van der Waals surface area contributed by atoms with Crippen LogP contribution in [-0.2, 0) is 6.54 Å². The lowest BCUT2D eigenvalue weighted by Gasteiger charge is -2.10. The Bertz CT molecular complexity index is 555. The van der Waals surface area contributed by atoms with Crippen LogP contribution in [0, 0.1) is 5.82 Å². The Balaban J connectivity index is 2.33. The van der Waals surface area contributed by atoms with Gasteiger partial charge in [0.1, 0.15) is 17.3 Å². The average Bonchev–Trinajstić information content (AvgIpc) is 2.85. The second-order valence-electron chi connectivity index (χ2n) is 4.36. The quantitative estimate of drug-likeness (QED) is 0.883. The van der Waals surface area contributed by atoms with Crippen LogP contribution in [0.3, 0.4) is 0 Å². The maximum absolute atomic E-state index is 13.9. The molecule has 19 heavy (non-hydrogen) atoms. The third-order valence-electron chi connectivity index (χ3n) is 2.58. The standard InChI is InChI=1S/C12H16FN5O/c1-8(2)14-7-12-15-16-17-18(12)11-6-9(19-3)4-5-10(11)13/h4-6,8,14H,7H2,1-3H3. The molecule has 0 aliphatic carbocycles. The van der Waals surface area contributed by atoms with Gasteiger partial charge in [-0.3, -0.25) is 0 Å². The smallest absolute Gasteiger partial charge is 0.170 e. The molecule has 0 saturated heterocycles. The molecule has 102 valence electrons. The number of hydrogen-bond donors (Lipinski definition) is 1. The monoisotopic (exact) mass is 265 g/mol. The van der Waals surface area contributed by atoms with Gasteiger partial charge in [0.05, 0.1) is 13.7 Å². The first-order chi connectivity index (χ1) is 9.11. The summed E-state index contributed by atoms with van der Waals surface area (Å²) >= 11 is 0.